The topological polar surface area (TPSA) is 60.5 Å². The lowest BCUT2D eigenvalue weighted by atomic mass is 9.86. The van der Waals surface area contributed by atoms with E-state index in [0.717, 1.165) is 33.9 Å². The van der Waals surface area contributed by atoms with Crippen LogP contribution in [0.5, 0.6) is 0 Å². The van der Waals surface area contributed by atoms with Gasteiger partial charge in [0.1, 0.15) is 0 Å². The van der Waals surface area contributed by atoms with Gasteiger partial charge in [-0.15, -0.1) is 0 Å². The van der Waals surface area contributed by atoms with Crippen LogP contribution in [0.2, 0.25) is 5.02 Å². The van der Waals surface area contributed by atoms with Gasteiger partial charge in [-0.05, 0) is 92.7 Å². The van der Waals surface area contributed by atoms with E-state index in [0.29, 0.717) is 10.1 Å². The van der Waals surface area contributed by atoms with E-state index in [1.54, 1.807) is 6.20 Å². The van der Waals surface area contributed by atoms with E-state index in [4.69, 9.17) is 23.8 Å². The molecule has 2 aliphatic heterocycles. The summed E-state index contributed by atoms with van der Waals surface area (Å²) in [6, 6.07) is 17.4. The first-order valence-electron chi connectivity index (χ1n) is 12.2. The maximum absolute atomic E-state index is 11.5. The van der Waals surface area contributed by atoms with Gasteiger partial charge >= 0.3 is 0 Å². The summed E-state index contributed by atoms with van der Waals surface area (Å²) in [5.74, 6) is -0.114. The maximum Gasteiger partial charge on any atom is 0.221 e. The number of benzene rings is 2. The molecule has 1 saturated heterocycles. The number of hydrogen-bond donors (Lipinski definition) is 2. The first-order valence-corrected chi connectivity index (χ1v) is 13.0. The number of carbonyl (C=O) groups excluding carboxylic acids is 1. The summed E-state index contributed by atoms with van der Waals surface area (Å²) in [6.45, 7) is 8.04. The Balaban J connectivity index is 1.65. The van der Waals surface area contributed by atoms with E-state index >= 15 is 0 Å². The number of aromatic nitrogens is 1. The molecule has 0 saturated carbocycles. The number of amides is 1. The van der Waals surface area contributed by atoms with E-state index in [2.05, 4.69) is 71.4 Å². The minimum atomic E-state index is -0.236. The quantitative estimate of drug-likeness (QED) is 0.375. The zero-order valence-electron chi connectivity index (χ0n) is 21.5. The van der Waals surface area contributed by atoms with Crippen LogP contribution in [0, 0.1) is 0 Å². The van der Waals surface area contributed by atoms with E-state index < -0.39 is 0 Å². The van der Waals surface area contributed by atoms with Crippen molar-refractivity contribution >= 4 is 57.5 Å². The molecule has 1 aromatic heterocycles. The van der Waals surface area contributed by atoms with Crippen LogP contribution < -0.4 is 20.4 Å². The smallest absolute Gasteiger partial charge is 0.221 e. The number of halogens is 1. The van der Waals surface area contributed by atoms with Gasteiger partial charge in [0.25, 0.3) is 0 Å². The number of carbonyl (C=O) groups is 1. The van der Waals surface area contributed by atoms with Gasteiger partial charge in [-0.2, -0.15) is 0 Å². The van der Waals surface area contributed by atoms with Crippen LogP contribution >= 0.6 is 23.8 Å². The average Bonchev–Trinajstić information content (AvgIpc) is 3.19. The minimum Gasteiger partial charge on any atom is -0.365 e. The number of nitrogens with zero attached hydrogens (tertiary/aromatic N) is 3. The van der Waals surface area contributed by atoms with Crippen molar-refractivity contribution in [3.8, 4) is 0 Å². The molecular formula is C29H30ClN5OS. The summed E-state index contributed by atoms with van der Waals surface area (Å²) >= 11 is 12.9. The SMILES string of the molecule is CC(=O)Nc1ccc(N2C(=S)NC(c3ccccn3)C2c2cc3c(cc2Cl)N(C)C(C)(C)C=C3C)cc1. The molecule has 5 rings (SSSR count). The maximum atomic E-state index is 11.5. The Bertz CT molecular complexity index is 1400. The number of rotatable bonds is 4. The van der Waals surface area contributed by atoms with Gasteiger partial charge in [0.15, 0.2) is 5.11 Å². The molecule has 0 radical (unpaired) electrons. The lowest BCUT2D eigenvalue weighted by Crippen LogP contribution is -2.42. The van der Waals surface area contributed by atoms with Crippen molar-refractivity contribution in [3.63, 3.8) is 0 Å². The molecule has 190 valence electrons. The van der Waals surface area contributed by atoms with Gasteiger partial charge in [0, 0.05) is 47.8 Å². The third-order valence-corrected chi connectivity index (χ3v) is 7.86. The lowest BCUT2D eigenvalue weighted by molar-refractivity contribution is -0.114. The van der Waals surface area contributed by atoms with Gasteiger partial charge in [-0.25, -0.2) is 0 Å². The Morgan fingerprint density at radius 3 is 2.54 bits per heavy atom. The molecule has 2 aliphatic rings. The van der Waals surface area contributed by atoms with E-state index in [1.807, 2.05) is 42.5 Å². The molecule has 3 aromatic rings. The highest BCUT2D eigenvalue weighted by molar-refractivity contribution is 7.80. The number of anilines is 3. The molecule has 2 aromatic carbocycles. The molecular weight excluding hydrogens is 502 g/mol. The molecule has 2 atom stereocenters. The summed E-state index contributed by atoms with van der Waals surface area (Å²) in [6.07, 6.45) is 4.08. The number of hydrogen-bond acceptors (Lipinski definition) is 4. The highest BCUT2D eigenvalue weighted by atomic mass is 35.5. The van der Waals surface area contributed by atoms with Crippen LogP contribution in [-0.4, -0.2) is 28.6 Å². The summed E-state index contributed by atoms with van der Waals surface area (Å²) in [7, 11) is 2.10. The first kappa shape index (κ1) is 25.2. The van der Waals surface area contributed by atoms with Crippen molar-refractivity contribution in [3.05, 3.63) is 88.7 Å². The molecule has 1 amide bonds. The third-order valence-electron chi connectivity index (χ3n) is 7.22. The predicted molar refractivity (Wildman–Crippen MR) is 156 cm³/mol. The average molecular weight is 532 g/mol. The molecule has 8 heteroatoms. The number of thiocarbonyl (C=S) groups is 1. The molecule has 37 heavy (non-hydrogen) atoms. The summed E-state index contributed by atoms with van der Waals surface area (Å²) in [5, 5.41) is 7.58. The fourth-order valence-corrected chi connectivity index (χ4v) is 5.89. The second-order valence-corrected chi connectivity index (χ2v) is 10.9. The first-order chi connectivity index (χ1) is 17.6. The highest BCUT2D eigenvalue weighted by Crippen LogP contribution is 2.47. The number of likely N-dealkylation sites (N-methyl/N-ethyl adjacent to an activating group) is 1. The monoisotopic (exact) mass is 531 g/mol. The van der Waals surface area contributed by atoms with Crippen LogP contribution in [0.15, 0.2) is 66.9 Å². The van der Waals surface area contributed by atoms with Crippen LogP contribution in [0.1, 0.15) is 56.6 Å². The molecule has 1 fully saturated rings. The molecule has 2 N–H and O–H groups in total. The highest BCUT2D eigenvalue weighted by Gasteiger charge is 2.42. The Labute approximate surface area is 228 Å². The molecule has 2 unspecified atom stereocenters. The van der Waals surface area contributed by atoms with Gasteiger partial charge in [0.2, 0.25) is 5.91 Å². The third kappa shape index (κ3) is 4.58. The Kier molecular flexibility index (Phi) is 6.46. The Morgan fingerprint density at radius 2 is 1.89 bits per heavy atom. The predicted octanol–water partition coefficient (Wildman–Crippen LogP) is 6.50. The fraction of sp³-hybridized carbons (Fsp3) is 0.276. The second-order valence-electron chi connectivity index (χ2n) is 10.2. The van der Waals surface area contributed by atoms with Crippen LogP contribution in [0.3, 0.4) is 0 Å². The Hall–Kier alpha value is -3.42. The molecule has 0 aliphatic carbocycles. The van der Waals surface area contributed by atoms with Crippen molar-refractivity contribution in [2.24, 2.45) is 0 Å². The molecule has 0 spiro atoms. The van der Waals surface area contributed by atoms with Crippen molar-refractivity contribution in [1.29, 1.82) is 0 Å². The lowest BCUT2D eigenvalue weighted by Gasteiger charge is -2.41. The standard InChI is InChI=1S/C29H30ClN5OS/c1-17-16-29(3,4)34(5)25-15-23(30)22(14-21(17)25)27-26(24-8-6-7-13-31-24)33-28(37)35(27)20-11-9-19(10-12-20)32-18(2)36/h6-16,26-27H,1-5H3,(H,32,36)(H,33,37). The van der Waals surface area contributed by atoms with Crippen molar-refractivity contribution in [2.45, 2.75) is 45.3 Å². The van der Waals surface area contributed by atoms with Crippen molar-refractivity contribution < 1.29 is 4.79 Å². The van der Waals surface area contributed by atoms with Crippen LogP contribution in [0.4, 0.5) is 17.1 Å². The largest absolute Gasteiger partial charge is 0.365 e. The van der Waals surface area contributed by atoms with Crippen LogP contribution in [0.25, 0.3) is 5.57 Å². The van der Waals surface area contributed by atoms with E-state index in [-0.39, 0.29) is 23.5 Å². The Morgan fingerprint density at radius 1 is 1.16 bits per heavy atom. The van der Waals surface area contributed by atoms with Gasteiger partial charge in [-0.3, -0.25) is 9.78 Å². The molecule has 0 bridgehead atoms. The summed E-state index contributed by atoms with van der Waals surface area (Å²) < 4.78 is 0. The number of nitrogens with one attached hydrogen (secondary N) is 2. The summed E-state index contributed by atoms with van der Waals surface area (Å²) in [4.78, 5) is 20.5. The number of pyridine rings is 1. The van der Waals surface area contributed by atoms with E-state index in [9.17, 15) is 4.79 Å². The zero-order chi connectivity index (χ0) is 26.5. The van der Waals surface area contributed by atoms with Crippen LogP contribution in [-0.2, 0) is 4.79 Å². The van der Waals surface area contributed by atoms with Gasteiger partial charge < -0.3 is 20.4 Å². The van der Waals surface area contributed by atoms with Gasteiger partial charge in [-0.1, -0.05) is 23.7 Å². The zero-order valence-corrected chi connectivity index (χ0v) is 23.1. The summed E-state index contributed by atoms with van der Waals surface area (Å²) in [5.41, 5.74) is 6.83. The van der Waals surface area contributed by atoms with Crippen molar-refractivity contribution in [1.82, 2.24) is 10.3 Å². The van der Waals surface area contributed by atoms with E-state index in [1.165, 1.54) is 12.5 Å². The normalized spacial score (nSPS) is 20.3. The number of fused-ring (bicyclic) bond motifs is 1. The fourth-order valence-electron chi connectivity index (χ4n) is 5.27. The molecule has 3 heterocycles. The number of allylic oxidation sites excluding steroid dienone is 1. The minimum absolute atomic E-state index is 0.114. The molecule has 6 nitrogen and oxygen atoms in total. The van der Waals surface area contributed by atoms with Gasteiger partial charge in [0.05, 0.1) is 23.3 Å². The second kappa shape index (κ2) is 9.47. The van der Waals surface area contributed by atoms with Crippen molar-refractivity contribution in [2.75, 3.05) is 22.2 Å².